The van der Waals surface area contributed by atoms with E-state index in [1.165, 1.54) is 12.3 Å². The summed E-state index contributed by atoms with van der Waals surface area (Å²) in [5.41, 5.74) is -2.81. The first-order valence-electron chi connectivity index (χ1n) is 11.2. The van der Waals surface area contributed by atoms with Crippen molar-refractivity contribution >= 4 is 12.0 Å². The Morgan fingerprint density at radius 3 is 2.24 bits per heavy atom. The van der Waals surface area contributed by atoms with Crippen molar-refractivity contribution in [3.05, 3.63) is 29.6 Å². The molecule has 0 radical (unpaired) electrons. The summed E-state index contributed by atoms with van der Waals surface area (Å²) in [6, 6.07) is 2.30. The zero-order chi connectivity index (χ0) is 25.0. The number of pyridine rings is 1. The Balaban J connectivity index is 1.61. The van der Waals surface area contributed by atoms with E-state index in [1.54, 1.807) is 18.7 Å². The lowest BCUT2D eigenvalue weighted by atomic mass is 9.94. The van der Waals surface area contributed by atoms with Crippen LogP contribution in [0.5, 0.6) is 0 Å². The normalized spacial score (nSPS) is 27.2. The lowest BCUT2D eigenvalue weighted by molar-refractivity contribution is -0.138. The predicted molar refractivity (Wildman–Crippen MR) is 117 cm³/mol. The number of alkyl halides is 3. The summed E-state index contributed by atoms with van der Waals surface area (Å²) in [6.07, 6.45) is -3.10. The van der Waals surface area contributed by atoms with Crippen molar-refractivity contribution in [3.63, 3.8) is 0 Å². The monoisotopic (exact) mass is 469 g/mol. The molecule has 0 bridgehead atoms. The molecule has 2 heterocycles. The van der Waals surface area contributed by atoms with Crippen LogP contribution >= 0.6 is 0 Å². The summed E-state index contributed by atoms with van der Waals surface area (Å²) in [7, 11) is 0. The number of rotatable bonds is 5. The molecule has 2 aliphatic rings. The highest BCUT2D eigenvalue weighted by Gasteiger charge is 2.78. The molecule has 0 spiro atoms. The molecule has 3 rings (SSSR count). The number of ether oxygens (including phenoxy) is 1. The maximum absolute atomic E-state index is 13.2. The van der Waals surface area contributed by atoms with Crippen LogP contribution in [0.3, 0.4) is 0 Å². The number of fused-ring (bicyclic) bond motifs is 1. The zero-order valence-electron chi connectivity index (χ0n) is 20.4. The topological polar surface area (TPSA) is 71.5 Å². The molecule has 6 nitrogen and oxygen atoms in total. The Morgan fingerprint density at radius 1 is 1.15 bits per heavy atom. The van der Waals surface area contributed by atoms with E-state index in [0.29, 0.717) is 19.5 Å². The Hall–Kier alpha value is -2.32. The quantitative estimate of drug-likeness (QED) is 0.671. The Labute approximate surface area is 193 Å². The number of hydrogen-bond acceptors (Lipinski definition) is 4. The number of piperidine rings is 1. The van der Waals surface area contributed by atoms with Crippen LogP contribution < -0.4 is 5.32 Å². The summed E-state index contributed by atoms with van der Waals surface area (Å²) in [6.45, 7) is 13.9. The Bertz CT molecular complexity index is 923. The standard InChI is InChI=1S/C24H34F3N3O3/c1-20(2,3)33-19(32)30-13-22(6)17(23(22,7)14-30)18(31)29-21(4,5)11-10-16-15(24(25,26)27)9-8-12-28-16/h8-9,12,17H,10-11,13-14H2,1-7H3,(H,29,31)/t17-,22-,23+. The van der Waals surface area contributed by atoms with Gasteiger partial charge in [-0.1, -0.05) is 13.8 Å². The van der Waals surface area contributed by atoms with Gasteiger partial charge in [-0.2, -0.15) is 13.2 Å². The van der Waals surface area contributed by atoms with E-state index in [-0.39, 0.29) is 40.9 Å². The van der Waals surface area contributed by atoms with E-state index < -0.39 is 22.9 Å². The maximum Gasteiger partial charge on any atom is 0.418 e. The molecule has 33 heavy (non-hydrogen) atoms. The van der Waals surface area contributed by atoms with Gasteiger partial charge < -0.3 is 15.0 Å². The first kappa shape index (κ1) is 25.3. The second-order valence-corrected chi connectivity index (χ2v) is 11.5. The fourth-order valence-corrected chi connectivity index (χ4v) is 5.18. The number of amides is 2. The lowest BCUT2D eigenvalue weighted by Gasteiger charge is -2.30. The predicted octanol–water partition coefficient (Wildman–Crippen LogP) is 4.82. The molecule has 1 saturated heterocycles. The third-order valence-electron chi connectivity index (χ3n) is 7.09. The van der Waals surface area contributed by atoms with Crippen LogP contribution in [0.15, 0.2) is 18.3 Å². The fraction of sp³-hybridized carbons (Fsp3) is 0.708. The molecule has 9 heteroatoms. The third kappa shape index (κ3) is 4.96. The molecule has 1 aromatic rings. The van der Waals surface area contributed by atoms with Crippen LogP contribution in [-0.4, -0.2) is 46.1 Å². The van der Waals surface area contributed by atoms with Crippen molar-refractivity contribution in [2.24, 2.45) is 16.7 Å². The summed E-state index contributed by atoms with van der Waals surface area (Å²) >= 11 is 0. The highest BCUT2D eigenvalue weighted by molar-refractivity contribution is 5.86. The van der Waals surface area contributed by atoms with Gasteiger partial charge in [0.05, 0.1) is 17.2 Å². The lowest BCUT2D eigenvalue weighted by Crippen LogP contribution is -2.47. The second-order valence-electron chi connectivity index (χ2n) is 11.5. The van der Waals surface area contributed by atoms with Gasteiger partial charge in [0.2, 0.25) is 5.91 Å². The highest BCUT2D eigenvalue weighted by atomic mass is 19.4. The molecule has 3 atom stereocenters. The van der Waals surface area contributed by atoms with Crippen LogP contribution in [0.1, 0.15) is 66.1 Å². The SMILES string of the molecule is CC(C)(CCc1ncccc1C(F)(F)F)NC(=O)[C@H]1[C@]2(C)CN(C(=O)OC(C)(C)C)C[C@]12C. The van der Waals surface area contributed by atoms with Crippen LogP contribution in [0.2, 0.25) is 0 Å². The van der Waals surface area contributed by atoms with Crippen LogP contribution in [0, 0.1) is 16.7 Å². The molecule has 184 valence electrons. The van der Waals surface area contributed by atoms with Gasteiger partial charge in [-0.25, -0.2) is 4.79 Å². The second kappa shape index (κ2) is 7.87. The third-order valence-corrected chi connectivity index (χ3v) is 7.09. The van der Waals surface area contributed by atoms with Crippen molar-refractivity contribution in [2.45, 2.75) is 78.6 Å². The van der Waals surface area contributed by atoms with Gasteiger partial charge in [0.1, 0.15) is 5.60 Å². The van der Waals surface area contributed by atoms with Crippen LogP contribution in [-0.2, 0) is 22.1 Å². The summed E-state index contributed by atoms with van der Waals surface area (Å²) < 4.78 is 45.2. The Kier molecular flexibility index (Phi) is 6.04. The Morgan fingerprint density at radius 2 is 1.73 bits per heavy atom. The van der Waals surface area contributed by atoms with Crippen molar-refractivity contribution in [3.8, 4) is 0 Å². The molecule has 0 unspecified atom stereocenters. The van der Waals surface area contributed by atoms with Gasteiger partial charge in [0.25, 0.3) is 0 Å². The maximum atomic E-state index is 13.2. The van der Waals surface area contributed by atoms with E-state index in [9.17, 15) is 22.8 Å². The number of aryl methyl sites for hydroxylation is 1. The van der Waals surface area contributed by atoms with E-state index in [0.717, 1.165) is 6.07 Å². The molecule has 1 N–H and O–H groups in total. The smallest absolute Gasteiger partial charge is 0.418 e. The van der Waals surface area contributed by atoms with Crippen molar-refractivity contribution in [2.75, 3.05) is 13.1 Å². The van der Waals surface area contributed by atoms with Gasteiger partial charge in [0.15, 0.2) is 0 Å². The molecule has 1 aliphatic heterocycles. The van der Waals surface area contributed by atoms with Crippen LogP contribution in [0.4, 0.5) is 18.0 Å². The van der Waals surface area contributed by atoms with E-state index in [2.05, 4.69) is 10.3 Å². The molecule has 1 aromatic heterocycles. The number of carbonyl (C=O) groups excluding carboxylic acids is 2. The number of halogens is 3. The largest absolute Gasteiger partial charge is 0.444 e. The molecule has 1 aliphatic carbocycles. The molecule has 2 fully saturated rings. The summed E-state index contributed by atoms with van der Waals surface area (Å²) in [4.78, 5) is 31.2. The van der Waals surface area contributed by atoms with Crippen molar-refractivity contribution in [1.29, 1.82) is 0 Å². The van der Waals surface area contributed by atoms with Gasteiger partial charge >= 0.3 is 12.3 Å². The number of carbonyl (C=O) groups is 2. The van der Waals surface area contributed by atoms with Crippen molar-refractivity contribution in [1.82, 2.24) is 15.2 Å². The van der Waals surface area contributed by atoms with Gasteiger partial charge in [-0.3, -0.25) is 9.78 Å². The first-order chi connectivity index (χ1) is 14.9. The molecule has 2 amide bonds. The number of nitrogens with one attached hydrogen (secondary N) is 1. The van der Waals surface area contributed by atoms with Gasteiger partial charge in [-0.05, 0) is 59.6 Å². The number of likely N-dealkylation sites (tertiary alicyclic amines) is 1. The number of nitrogens with zero attached hydrogens (tertiary/aromatic N) is 2. The first-order valence-corrected chi connectivity index (χ1v) is 11.2. The van der Waals surface area contributed by atoms with E-state index >= 15 is 0 Å². The number of aromatic nitrogens is 1. The van der Waals surface area contributed by atoms with Gasteiger partial charge in [0, 0.05) is 35.7 Å². The fourth-order valence-electron chi connectivity index (χ4n) is 5.18. The minimum atomic E-state index is -4.47. The molecule has 1 saturated carbocycles. The summed E-state index contributed by atoms with van der Waals surface area (Å²) in [5.74, 6) is -0.408. The number of hydrogen-bond donors (Lipinski definition) is 1. The molecule has 0 aromatic carbocycles. The van der Waals surface area contributed by atoms with E-state index in [1.807, 2.05) is 34.6 Å². The minimum absolute atomic E-state index is 0.0254. The zero-order valence-corrected chi connectivity index (χ0v) is 20.4. The summed E-state index contributed by atoms with van der Waals surface area (Å²) in [5, 5.41) is 3.03. The highest BCUT2D eigenvalue weighted by Crippen LogP contribution is 2.72. The average molecular weight is 470 g/mol. The van der Waals surface area contributed by atoms with E-state index in [4.69, 9.17) is 4.74 Å². The minimum Gasteiger partial charge on any atom is -0.444 e. The van der Waals surface area contributed by atoms with Gasteiger partial charge in [-0.15, -0.1) is 0 Å². The average Bonchev–Trinajstić information content (AvgIpc) is 2.96. The molecular weight excluding hydrogens is 435 g/mol. The van der Waals surface area contributed by atoms with Crippen molar-refractivity contribution < 1.29 is 27.5 Å². The van der Waals surface area contributed by atoms with Crippen LogP contribution in [0.25, 0.3) is 0 Å². The molecular formula is C24H34F3N3O3.